The van der Waals surface area contributed by atoms with Crippen LogP contribution in [0.3, 0.4) is 0 Å². The quantitative estimate of drug-likeness (QED) is 0.615. The van der Waals surface area contributed by atoms with E-state index in [0.717, 1.165) is 25.0 Å². The van der Waals surface area contributed by atoms with Crippen LogP contribution in [-0.4, -0.2) is 5.78 Å². The topological polar surface area (TPSA) is 17.1 Å². The van der Waals surface area contributed by atoms with Crippen LogP contribution in [0.25, 0.3) is 10.8 Å². The number of rotatable bonds is 2. The molecule has 0 bridgehead atoms. The lowest BCUT2D eigenvalue weighted by Crippen LogP contribution is -1.99. The first kappa shape index (κ1) is 11.6. The van der Waals surface area contributed by atoms with Gasteiger partial charge in [-0.15, -0.1) is 11.3 Å². The van der Waals surface area contributed by atoms with Gasteiger partial charge >= 0.3 is 0 Å². The second kappa shape index (κ2) is 4.67. The summed E-state index contributed by atoms with van der Waals surface area (Å²) in [5, 5.41) is 2.11. The molecule has 3 aromatic rings. The summed E-state index contributed by atoms with van der Waals surface area (Å²) in [6.45, 7) is 0. The smallest absolute Gasteiger partial charge is 0.203 e. The molecule has 1 heterocycles. The van der Waals surface area contributed by atoms with Crippen LogP contribution in [-0.2, 0) is 0 Å². The van der Waals surface area contributed by atoms with Crippen LogP contribution in [0.4, 0.5) is 0 Å². The van der Waals surface area contributed by atoms with Gasteiger partial charge in [-0.2, -0.15) is 0 Å². The molecule has 3 rings (SSSR count). The van der Waals surface area contributed by atoms with Crippen molar-refractivity contribution in [2.75, 3.05) is 0 Å². The molecule has 2 aromatic carbocycles. The number of hydrogen-bond donors (Lipinski definition) is 0. The summed E-state index contributed by atoms with van der Waals surface area (Å²) >= 11 is 4.86. The van der Waals surface area contributed by atoms with Gasteiger partial charge in [0.2, 0.25) is 5.78 Å². The molecule has 0 saturated heterocycles. The molecule has 0 spiro atoms. The number of hydrogen-bond acceptors (Lipinski definition) is 2. The summed E-state index contributed by atoms with van der Waals surface area (Å²) in [6, 6.07) is 17.6. The lowest BCUT2D eigenvalue weighted by molar-refractivity contribution is 0.104. The molecule has 0 aliphatic rings. The summed E-state index contributed by atoms with van der Waals surface area (Å²) in [4.78, 5) is 13.2. The molecule has 88 valence electrons. The fraction of sp³-hybridized carbons (Fsp3) is 0. The molecular formula is C15H9BrOS. The van der Waals surface area contributed by atoms with Gasteiger partial charge in [0.05, 0.1) is 8.66 Å². The molecule has 18 heavy (non-hydrogen) atoms. The maximum Gasteiger partial charge on any atom is 0.203 e. The third kappa shape index (κ3) is 2.00. The van der Waals surface area contributed by atoms with E-state index in [9.17, 15) is 4.79 Å². The van der Waals surface area contributed by atoms with Crippen molar-refractivity contribution in [2.24, 2.45) is 0 Å². The van der Waals surface area contributed by atoms with Gasteiger partial charge in [0, 0.05) is 5.56 Å². The van der Waals surface area contributed by atoms with Crippen molar-refractivity contribution in [3.63, 3.8) is 0 Å². The molecule has 3 heteroatoms. The minimum absolute atomic E-state index is 0.0856. The summed E-state index contributed by atoms with van der Waals surface area (Å²) in [5.74, 6) is 0.0856. The van der Waals surface area contributed by atoms with Gasteiger partial charge in [-0.1, -0.05) is 42.5 Å². The predicted octanol–water partition coefficient (Wildman–Crippen LogP) is 4.89. The van der Waals surface area contributed by atoms with E-state index in [-0.39, 0.29) is 5.78 Å². The maximum absolute atomic E-state index is 12.5. The first-order valence-electron chi connectivity index (χ1n) is 5.53. The Labute approximate surface area is 117 Å². The second-order valence-corrected chi connectivity index (χ2v) is 6.42. The van der Waals surface area contributed by atoms with Crippen molar-refractivity contribution in [3.8, 4) is 0 Å². The number of benzene rings is 2. The second-order valence-electron chi connectivity index (χ2n) is 3.96. The minimum atomic E-state index is 0.0856. The molecule has 0 amide bonds. The van der Waals surface area contributed by atoms with Crippen molar-refractivity contribution < 1.29 is 4.79 Å². The number of carbonyl (C=O) groups excluding carboxylic acids is 1. The summed E-state index contributed by atoms with van der Waals surface area (Å²) in [6.07, 6.45) is 0. The molecule has 1 nitrogen and oxygen atoms in total. The molecule has 0 unspecified atom stereocenters. The first-order chi connectivity index (χ1) is 8.75. The number of fused-ring (bicyclic) bond motifs is 1. The Bertz CT molecular complexity index is 725. The van der Waals surface area contributed by atoms with Crippen LogP contribution in [0, 0.1) is 0 Å². The highest BCUT2D eigenvalue weighted by molar-refractivity contribution is 9.11. The molecule has 0 fully saturated rings. The van der Waals surface area contributed by atoms with Crippen molar-refractivity contribution in [3.05, 3.63) is 68.8 Å². The predicted molar refractivity (Wildman–Crippen MR) is 79.4 cm³/mol. The standard InChI is InChI=1S/C15H9BrOS/c16-14-9-8-13(18-14)15(17)12-7-3-5-10-4-1-2-6-11(10)12/h1-9H. The van der Waals surface area contributed by atoms with Crippen molar-refractivity contribution in [1.82, 2.24) is 0 Å². The first-order valence-corrected chi connectivity index (χ1v) is 7.14. The van der Waals surface area contributed by atoms with E-state index in [1.165, 1.54) is 11.3 Å². The molecule has 0 aliphatic heterocycles. The Balaban J connectivity index is 2.17. The Morgan fingerprint density at radius 3 is 2.50 bits per heavy atom. The molecule has 1 aromatic heterocycles. The largest absolute Gasteiger partial charge is 0.288 e. The van der Waals surface area contributed by atoms with Gasteiger partial charge in [-0.3, -0.25) is 4.79 Å². The fourth-order valence-corrected chi connectivity index (χ4v) is 3.33. The highest BCUT2D eigenvalue weighted by Crippen LogP contribution is 2.27. The van der Waals surface area contributed by atoms with Crippen LogP contribution < -0.4 is 0 Å². The van der Waals surface area contributed by atoms with Crippen LogP contribution in [0.5, 0.6) is 0 Å². The van der Waals surface area contributed by atoms with Crippen LogP contribution in [0.1, 0.15) is 15.2 Å². The van der Waals surface area contributed by atoms with Gasteiger partial charge in [0.25, 0.3) is 0 Å². The van der Waals surface area contributed by atoms with Crippen LogP contribution in [0.2, 0.25) is 0 Å². The third-order valence-corrected chi connectivity index (χ3v) is 4.45. The van der Waals surface area contributed by atoms with Gasteiger partial charge in [-0.25, -0.2) is 0 Å². The Morgan fingerprint density at radius 2 is 1.72 bits per heavy atom. The third-order valence-electron chi connectivity index (χ3n) is 2.83. The van der Waals surface area contributed by atoms with E-state index < -0.39 is 0 Å². The molecular weight excluding hydrogens is 308 g/mol. The zero-order valence-electron chi connectivity index (χ0n) is 9.39. The maximum atomic E-state index is 12.5. The Kier molecular flexibility index (Phi) is 3.02. The summed E-state index contributed by atoms with van der Waals surface area (Å²) < 4.78 is 0.978. The van der Waals surface area contributed by atoms with E-state index >= 15 is 0 Å². The molecule has 0 radical (unpaired) electrons. The fourth-order valence-electron chi connectivity index (χ4n) is 1.99. The van der Waals surface area contributed by atoms with E-state index in [4.69, 9.17) is 0 Å². The normalized spacial score (nSPS) is 10.7. The number of ketones is 1. The van der Waals surface area contributed by atoms with Crippen LogP contribution >= 0.6 is 27.3 Å². The molecule has 0 atom stereocenters. The summed E-state index contributed by atoms with van der Waals surface area (Å²) in [5.41, 5.74) is 0.766. The van der Waals surface area contributed by atoms with Gasteiger partial charge < -0.3 is 0 Å². The number of halogens is 1. The average Bonchev–Trinajstić information content (AvgIpc) is 2.84. The van der Waals surface area contributed by atoms with Gasteiger partial charge in [0.1, 0.15) is 0 Å². The van der Waals surface area contributed by atoms with Gasteiger partial charge in [0.15, 0.2) is 0 Å². The van der Waals surface area contributed by atoms with Crippen molar-refractivity contribution in [2.45, 2.75) is 0 Å². The average molecular weight is 317 g/mol. The number of carbonyl (C=O) groups is 1. The van der Waals surface area contributed by atoms with Crippen molar-refractivity contribution >= 4 is 43.8 Å². The van der Waals surface area contributed by atoms with Crippen molar-refractivity contribution in [1.29, 1.82) is 0 Å². The zero-order chi connectivity index (χ0) is 12.5. The monoisotopic (exact) mass is 316 g/mol. The van der Waals surface area contributed by atoms with E-state index in [0.29, 0.717) is 0 Å². The Hall–Kier alpha value is -1.45. The van der Waals surface area contributed by atoms with E-state index in [1.54, 1.807) is 0 Å². The summed E-state index contributed by atoms with van der Waals surface area (Å²) in [7, 11) is 0. The Morgan fingerprint density at radius 1 is 0.944 bits per heavy atom. The van der Waals surface area contributed by atoms with E-state index in [1.807, 2.05) is 54.6 Å². The van der Waals surface area contributed by atoms with Gasteiger partial charge in [-0.05, 0) is 38.8 Å². The molecule has 0 N–H and O–H groups in total. The lowest BCUT2D eigenvalue weighted by Gasteiger charge is -2.03. The van der Waals surface area contributed by atoms with E-state index in [2.05, 4.69) is 15.9 Å². The van der Waals surface area contributed by atoms with Crippen LogP contribution in [0.15, 0.2) is 58.4 Å². The lowest BCUT2D eigenvalue weighted by atomic mass is 10.0. The molecule has 0 saturated carbocycles. The SMILES string of the molecule is O=C(c1ccc(Br)s1)c1cccc2ccccc12. The molecule has 0 aliphatic carbocycles. The number of thiophene rings is 1. The zero-order valence-corrected chi connectivity index (χ0v) is 11.8. The highest BCUT2D eigenvalue weighted by Gasteiger charge is 2.13. The highest BCUT2D eigenvalue weighted by atomic mass is 79.9. The minimum Gasteiger partial charge on any atom is -0.288 e.